The van der Waals surface area contributed by atoms with E-state index in [2.05, 4.69) is 12.2 Å². The third-order valence-electron chi connectivity index (χ3n) is 5.75. The topological polar surface area (TPSA) is 58.6 Å². The van der Waals surface area contributed by atoms with E-state index >= 15 is 0 Å². The van der Waals surface area contributed by atoms with Crippen molar-refractivity contribution in [3.63, 3.8) is 0 Å². The molecule has 1 fully saturated rings. The predicted octanol–water partition coefficient (Wildman–Crippen LogP) is 5.12. The Morgan fingerprint density at radius 1 is 1.16 bits per heavy atom. The van der Waals surface area contributed by atoms with Crippen molar-refractivity contribution in [2.75, 3.05) is 13.2 Å². The van der Waals surface area contributed by atoms with Crippen molar-refractivity contribution in [2.45, 2.75) is 70.9 Å². The smallest absolute Gasteiger partial charge is 0.247 e. The molecule has 0 radical (unpaired) electrons. The molecule has 1 saturated carbocycles. The summed E-state index contributed by atoms with van der Waals surface area (Å²) in [5.41, 5.74) is 0.828. The van der Waals surface area contributed by atoms with Crippen molar-refractivity contribution in [2.24, 2.45) is 0 Å². The Hall–Kier alpha value is -2.34. The summed E-state index contributed by atoms with van der Waals surface area (Å²) < 4.78 is 5.57. The largest absolute Gasteiger partial charge is 0.494 e. The second-order valence-corrected chi connectivity index (χ2v) is 9.12. The number of nitrogens with zero attached hydrogens (tertiary/aromatic N) is 1. The maximum atomic E-state index is 13.5. The van der Waals surface area contributed by atoms with Crippen molar-refractivity contribution < 1.29 is 14.3 Å². The van der Waals surface area contributed by atoms with Gasteiger partial charge in [0.15, 0.2) is 0 Å². The number of benzene rings is 1. The highest BCUT2D eigenvalue weighted by Gasteiger charge is 2.32. The second-order valence-electron chi connectivity index (χ2n) is 8.09. The van der Waals surface area contributed by atoms with Crippen LogP contribution in [0, 0.1) is 0 Å². The molecule has 1 unspecified atom stereocenters. The highest BCUT2D eigenvalue weighted by atomic mass is 32.1. The van der Waals surface area contributed by atoms with Gasteiger partial charge in [-0.2, -0.15) is 0 Å². The lowest BCUT2D eigenvalue weighted by Crippen LogP contribution is -2.46. The SMILES string of the molecule is CCCCN(C(=O)Cc1cccs1)C(C(=O)NC1CCCC1)c1ccc(OCC)cc1. The molecule has 1 aliphatic carbocycles. The molecule has 2 aromatic rings. The van der Waals surface area contributed by atoms with Crippen molar-refractivity contribution in [3.05, 3.63) is 52.2 Å². The number of carbonyl (C=O) groups excluding carboxylic acids is 2. The van der Waals surface area contributed by atoms with Gasteiger partial charge in [0.2, 0.25) is 11.8 Å². The molecule has 5 nitrogen and oxygen atoms in total. The van der Waals surface area contributed by atoms with Gasteiger partial charge < -0.3 is 15.0 Å². The molecule has 31 heavy (non-hydrogen) atoms. The van der Waals surface area contributed by atoms with Crippen molar-refractivity contribution in [1.29, 1.82) is 0 Å². The summed E-state index contributed by atoms with van der Waals surface area (Å²) in [4.78, 5) is 29.7. The molecule has 168 valence electrons. The van der Waals surface area contributed by atoms with Crippen LogP contribution in [0.1, 0.15) is 68.9 Å². The minimum Gasteiger partial charge on any atom is -0.494 e. The van der Waals surface area contributed by atoms with Gasteiger partial charge >= 0.3 is 0 Å². The number of unbranched alkanes of at least 4 members (excludes halogenated alkanes) is 1. The van der Waals surface area contributed by atoms with Gasteiger partial charge in [0, 0.05) is 17.5 Å². The molecule has 0 bridgehead atoms. The highest BCUT2D eigenvalue weighted by molar-refractivity contribution is 7.10. The van der Waals surface area contributed by atoms with Crippen LogP contribution in [0.3, 0.4) is 0 Å². The molecule has 1 aromatic carbocycles. The number of carbonyl (C=O) groups is 2. The van der Waals surface area contributed by atoms with Crippen LogP contribution in [0.2, 0.25) is 0 Å². The van der Waals surface area contributed by atoms with Crippen LogP contribution in [0.4, 0.5) is 0 Å². The Bertz CT molecular complexity index is 814. The normalized spacial score (nSPS) is 14.9. The Morgan fingerprint density at radius 3 is 2.52 bits per heavy atom. The maximum absolute atomic E-state index is 13.5. The number of nitrogens with one attached hydrogen (secondary N) is 1. The van der Waals surface area contributed by atoms with Gasteiger partial charge in [0.25, 0.3) is 0 Å². The van der Waals surface area contributed by atoms with Gasteiger partial charge in [-0.1, -0.05) is 44.4 Å². The summed E-state index contributed by atoms with van der Waals surface area (Å²) in [6.07, 6.45) is 6.47. The van der Waals surface area contributed by atoms with E-state index in [1.54, 1.807) is 16.2 Å². The van der Waals surface area contributed by atoms with Crippen LogP contribution >= 0.6 is 11.3 Å². The monoisotopic (exact) mass is 442 g/mol. The number of ether oxygens (including phenoxy) is 1. The van der Waals surface area contributed by atoms with E-state index in [9.17, 15) is 9.59 Å². The van der Waals surface area contributed by atoms with Crippen LogP contribution in [-0.2, 0) is 16.0 Å². The van der Waals surface area contributed by atoms with Crippen LogP contribution in [-0.4, -0.2) is 35.9 Å². The molecule has 6 heteroatoms. The standard InChI is InChI=1S/C25H34N2O3S/c1-3-5-16-27(23(28)18-22-11-8-17-31-22)24(25(29)26-20-9-6-7-10-20)19-12-14-21(15-13-19)30-4-2/h8,11-15,17,20,24H,3-7,9-10,16,18H2,1-2H3,(H,26,29). The summed E-state index contributed by atoms with van der Waals surface area (Å²) in [6, 6.07) is 11.1. The summed E-state index contributed by atoms with van der Waals surface area (Å²) in [5.74, 6) is 0.689. The summed E-state index contributed by atoms with van der Waals surface area (Å²) >= 11 is 1.58. The van der Waals surface area contributed by atoms with Crippen LogP contribution in [0.5, 0.6) is 5.75 Å². The van der Waals surface area contributed by atoms with Crippen molar-refractivity contribution in [1.82, 2.24) is 10.2 Å². The molecular formula is C25H34N2O3S. The maximum Gasteiger partial charge on any atom is 0.247 e. The van der Waals surface area contributed by atoms with E-state index in [1.807, 2.05) is 48.7 Å². The minimum atomic E-state index is -0.629. The van der Waals surface area contributed by atoms with Gasteiger partial charge in [-0.05, 0) is 55.3 Å². The fourth-order valence-corrected chi connectivity index (χ4v) is 4.82. The fourth-order valence-electron chi connectivity index (χ4n) is 4.13. The molecular weight excluding hydrogens is 408 g/mol. The lowest BCUT2D eigenvalue weighted by atomic mass is 10.0. The lowest BCUT2D eigenvalue weighted by molar-refractivity contribution is -0.140. The third-order valence-corrected chi connectivity index (χ3v) is 6.62. The first-order valence-corrected chi connectivity index (χ1v) is 12.3. The average Bonchev–Trinajstić information content (AvgIpc) is 3.46. The van der Waals surface area contributed by atoms with Gasteiger partial charge in [-0.3, -0.25) is 9.59 Å². The molecule has 3 rings (SSSR count). The Morgan fingerprint density at radius 2 is 1.90 bits per heavy atom. The summed E-state index contributed by atoms with van der Waals surface area (Å²) in [5, 5.41) is 5.21. The molecule has 2 amide bonds. The van der Waals surface area contributed by atoms with E-state index in [0.29, 0.717) is 19.6 Å². The quantitative estimate of drug-likeness (QED) is 0.526. The van der Waals surface area contributed by atoms with Crippen molar-refractivity contribution >= 4 is 23.2 Å². The number of hydrogen-bond donors (Lipinski definition) is 1. The van der Waals surface area contributed by atoms with Crippen molar-refractivity contribution in [3.8, 4) is 5.75 Å². The first-order chi connectivity index (χ1) is 15.1. The first-order valence-electron chi connectivity index (χ1n) is 11.5. The zero-order valence-corrected chi connectivity index (χ0v) is 19.5. The molecule has 0 spiro atoms. The van der Waals surface area contributed by atoms with E-state index in [-0.39, 0.29) is 17.9 Å². The second kappa shape index (κ2) is 11.9. The number of amides is 2. The van der Waals surface area contributed by atoms with E-state index < -0.39 is 6.04 Å². The Kier molecular flexibility index (Phi) is 8.95. The summed E-state index contributed by atoms with van der Waals surface area (Å²) in [6.45, 7) is 5.21. The first kappa shape index (κ1) is 23.3. The third kappa shape index (κ3) is 6.57. The number of rotatable bonds is 11. The van der Waals surface area contributed by atoms with Gasteiger partial charge in [-0.15, -0.1) is 11.3 Å². The zero-order valence-electron chi connectivity index (χ0n) is 18.6. The molecule has 0 aliphatic heterocycles. The molecule has 1 N–H and O–H groups in total. The average molecular weight is 443 g/mol. The molecule has 1 heterocycles. The van der Waals surface area contributed by atoms with Gasteiger partial charge in [0.1, 0.15) is 11.8 Å². The van der Waals surface area contributed by atoms with E-state index in [0.717, 1.165) is 54.7 Å². The van der Waals surface area contributed by atoms with E-state index in [1.165, 1.54) is 0 Å². The Balaban J connectivity index is 1.88. The minimum absolute atomic E-state index is 0.00337. The molecule has 1 atom stereocenters. The highest BCUT2D eigenvalue weighted by Crippen LogP contribution is 2.27. The summed E-state index contributed by atoms with van der Waals surface area (Å²) in [7, 11) is 0. The van der Waals surface area contributed by atoms with E-state index in [4.69, 9.17) is 4.74 Å². The lowest BCUT2D eigenvalue weighted by Gasteiger charge is -2.32. The van der Waals surface area contributed by atoms with Crippen LogP contribution in [0.15, 0.2) is 41.8 Å². The van der Waals surface area contributed by atoms with Gasteiger partial charge in [-0.25, -0.2) is 0 Å². The number of hydrogen-bond acceptors (Lipinski definition) is 4. The van der Waals surface area contributed by atoms with Gasteiger partial charge in [0.05, 0.1) is 13.0 Å². The predicted molar refractivity (Wildman–Crippen MR) is 125 cm³/mol. The molecule has 1 aliphatic rings. The fraction of sp³-hybridized carbons (Fsp3) is 0.520. The molecule has 1 aromatic heterocycles. The molecule has 0 saturated heterocycles. The van der Waals surface area contributed by atoms with Crippen LogP contribution in [0.25, 0.3) is 0 Å². The number of thiophene rings is 1. The zero-order chi connectivity index (χ0) is 22.1. The Labute approximate surface area is 189 Å². The van der Waals surface area contributed by atoms with Crippen LogP contribution < -0.4 is 10.1 Å².